The van der Waals surface area contributed by atoms with Crippen molar-refractivity contribution in [2.24, 2.45) is 0 Å². The summed E-state index contributed by atoms with van der Waals surface area (Å²) in [6.07, 6.45) is 0. The first-order valence-corrected chi connectivity index (χ1v) is 5.69. The molecule has 0 aliphatic rings. The molecule has 0 unspecified atom stereocenters. The number of carbonyl (C=O) groups is 2. The van der Waals surface area contributed by atoms with Crippen LogP contribution in [0.4, 0.5) is 22.0 Å². The van der Waals surface area contributed by atoms with Crippen molar-refractivity contribution in [1.82, 2.24) is 0 Å². The lowest BCUT2D eigenvalue weighted by atomic mass is 10.1. The number of hydrogen-bond acceptors (Lipinski definition) is 4. The number of benzene rings is 1. The van der Waals surface area contributed by atoms with Crippen LogP contribution in [0.2, 0.25) is 0 Å². The van der Waals surface area contributed by atoms with Crippen molar-refractivity contribution in [2.75, 3.05) is 13.2 Å². The monoisotopic (exact) mass is 324 g/mol. The molecule has 1 rings (SSSR count). The zero-order valence-electron chi connectivity index (χ0n) is 11.1. The maximum absolute atomic E-state index is 13.3. The molecule has 0 fully saturated rings. The van der Waals surface area contributed by atoms with Gasteiger partial charge in [-0.15, -0.1) is 0 Å². The van der Waals surface area contributed by atoms with Gasteiger partial charge >= 0.3 is 11.9 Å². The second-order valence-electron chi connectivity index (χ2n) is 4.00. The molecule has 0 amide bonds. The summed E-state index contributed by atoms with van der Waals surface area (Å²) in [6.45, 7) is 3.50. The van der Waals surface area contributed by atoms with Crippen molar-refractivity contribution < 1.29 is 41.0 Å². The fourth-order valence-electron chi connectivity index (χ4n) is 1.25. The van der Waals surface area contributed by atoms with Gasteiger partial charge in [0.05, 0.1) is 0 Å². The molecule has 1 aromatic rings. The molecule has 0 aromatic heterocycles. The lowest BCUT2D eigenvalue weighted by Gasteiger charge is -2.09. The van der Waals surface area contributed by atoms with Gasteiger partial charge in [-0.1, -0.05) is 6.58 Å². The van der Waals surface area contributed by atoms with Crippen LogP contribution in [-0.2, 0) is 14.3 Å². The van der Waals surface area contributed by atoms with Crippen LogP contribution < -0.4 is 0 Å². The first kappa shape index (κ1) is 17.6. The van der Waals surface area contributed by atoms with Crippen LogP contribution in [-0.4, -0.2) is 25.2 Å². The maximum atomic E-state index is 13.3. The number of rotatable bonds is 5. The van der Waals surface area contributed by atoms with Crippen LogP contribution in [0.5, 0.6) is 0 Å². The van der Waals surface area contributed by atoms with E-state index in [4.69, 9.17) is 0 Å². The van der Waals surface area contributed by atoms with Crippen molar-refractivity contribution in [3.05, 3.63) is 46.8 Å². The zero-order chi connectivity index (χ0) is 17.0. The molecule has 0 aliphatic carbocycles. The SMILES string of the molecule is C=C(C)C(=O)OCCOC(=O)c1c(F)c(F)c(F)c(F)c1F. The molecule has 4 nitrogen and oxygen atoms in total. The topological polar surface area (TPSA) is 52.6 Å². The standard InChI is InChI=1S/C13H9F5O4/c1-5(2)12(19)21-3-4-22-13(20)6-7(14)9(16)11(18)10(17)8(6)15/h1,3-4H2,2H3. The summed E-state index contributed by atoms with van der Waals surface area (Å²) in [5, 5.41) is 0. The predicted octanol–water partition coefficient (Wildman–Crippen LogP) is 2.66. The van der Waals surface area contributed by atoms with E-state index in [0.717, 1.165) is 0 Å². The molecule has 0 radical (unpaired) electrons. The third-order valence-corrected chi connectivity index (χ3v) is 2.31. The van der Waals surface area contributed by atoms with Crippen molar-refractivity contribution in [1.29, 1.82) is 0 Å². The van der Waals surface area contributed by atoms with Crippen molar-refractivity contribution in [3.63, 3.8) is 0 Å². The average molecular weight is 324 g/mol. The largest absolute Gasteiger partial charge is 0.459 e. The normalized spacial score (nSPS) is 10.3. The van der Waals surface area contributed by atoms with Gasteiger partial charge < -0.3 is 9.47 Å². The fraction of sp³-hybridized carbons (Fsp3) is 0.231. The summed E-state index contributed by atoms with van der Waals surface area (Å²) < 4.78 is 73.9. The molecule has 120 valence electrons. The van der Waals surface area contributed by atoms with Gasteiger partial charge in [0.1, 0.15) is 18.8 Å². The molecule has 0 heterocycles. The van der Waals surface area contributed by atoms with Crippen LogP contribution >= 0.6 is 0 Å². The third-order valence-electron chi connectivity index (χ3n) is 2.31. The Bertz CT molecular complexity index is 613. The van der Waals surface area contributed by atoms with E-state index in [9.17, 15) is 31.5 Å². The summed E-state index contributed by atoms with van der Waals surface area (Å²) in [7, 11) is 0. The van der Waals surface area contributed by atoms with Crippen LogP contribution in [0.1, 0.15) is 17.3 Å². The second-order valence-corrected chi connectivity index (χ2v) is 4.00. The number of halogens is 5. The average Bonchev–Trinajstić information content (AvgIpc) is 2.47. The Morgan fingerprint density at radius 3 is 1.73 bits per heavy atom. The molecule has 22 heavy (non-hydrogen) atoms. The number of carbonyl (C=O) groups excluding carboxylic acids is 2. The Balaban J connectivity index is 2.79. The molecular weight excluding hydrogens is 315 g/mol. The second kappa shape index (κ2) is 7.01. The summed E-state index contributed by atoms with van der Waals surface area (Å²) in [5.74, 6) is -14.1. The Morgan fingerprint density at radius 1 is 0.864 bits per heavy atom. The Kier molecular flexibility index (Phi) is 5.61. The van der Waals surface area contributed by atoms with Gasteiger partial charge in [-0.05, 0) is 6.92 Å². The van der Waals surface area contributed by atoms with E-state index in [1.54, 1.807) is 0 Å². The van der Waals surface area contributed by atoms with Gasteiger partial charge in [-0.3, -0.25) is 0 Å². The Labute approximate surface area is 121 Å². The summed E-state index contributed by atoms with van der Waals surface area (Å²) in [6, 6.07) is 0. The van der Waals surface area contributed by atoms with E-state index in [2.05, 4.69) is 16.1 Å². The molecule has 0 saturated carbocycles. The molecular formula is C13H9F5O4. The molecule has 0 atom stereocenters. The number of hydrogen-bond donors (Lipinski definition) is 0. The molecule has 0 saturated heterocycles. The summed E-state index contributed by atoms with van der Waals surface area (Å²) in [5.41, 5.74) is -1.66. The van der Waals surface area contributed by atoms with Gasteiger partial charge in [-0.2, -0.15) is 0 Å². The quantitative estimate of drug-likeness (QED) is 0.209. The van der Waals surface area contributed by atoms with Crippen LogP contribution in [0.3, 0.4) is 0 Å². The molecule has 0 N–H and O–H groups in total. The van der Waals surface area contributed by atoms with E-state index in [-0.39, 0.29) is 5.57 Å². The molecule has 0 bridgehead atoms. The number of ether oxygens (including phenoxy) is 2. The van der Waals surface area contributed by atoms with Gasteiger partial charge in [0, 0.05) is 5.57 Å². The highest BCUT2D eigenvalue weighted by Gasteiger charge is 2.30. The van der Waals surface area contributed by atoms with Crippen molar-refractivity contribution >= 4 is 11.9 Å². The first-order chi connectivity index (χ1) is 10.2. The summed E-state index contributed by atoms with van der Waals surface area (Å²) in [4.78, 5) is 22.3. The lowest BCUT2D eigenvalue weighted by molar-refractivity contribution is -0.140. The molecule has 9 heteroatoms. The zero-order valence-corrected chi connectivity index (χ0v) is 11.1. The van der Waals surface area contributed by atoms with Gasteiger partial charge in [0.25, 0.3) is 0 Å². The number of esters is 2. The van der Waals surface area contributed by atoms with E-state index >= 15 is 0 Å². The first-order valence-electron chi connectivity index (χ1n) is 5.69. The van der Waals surface area contributed by atoms with Gasteiger partial charge in [0.15, 0.2) is 23.3 Å². The van der Waals surface area contributed by atoms with E-state index in [0.29, 0.717) is 0 Å². The van der Waals surface area contributed by atoms with Gasteiger partial charge in [0.2, 0.25) is 5.82 Å². The minimum atomic E-state index is -2.39. The highest BCUT2D eigenvalue weighted by atomic mass is 19.2. The van der Waals surface area contributed by atoms with E-state index < -0.39 is 59.8 Å². The Morgan fingerprint density at radius 2 is 1.27 bits per heavy atom. The minimum Gasteiger partial charge on any atom is -0.459 e. The highest BCUT2D eigenvalue weighted by Crippen LogP contribution is 2.23. The molecule has 0 spiro atoms. The minimum absolute atomic E-state index is 0.0612. The van der Waals surface area contributed by atoms with Crippen LogP contribution in [0.25, 0.3) is 0 Å². The van der Waals surface area contributed by atoms with Crippen LogP contribution in [0, 0.1) is 29.1 Å². The lowest BCUT2D eigenvalue weighted by Crippen LogP contribution is -2.18. The molecule has 0 aliphatic heterocycles. The fourth-order valence-corrected chi connectivity index (χ4v) is 1.25. The predicted molar refractivity (Wildman–Crippen MR) is 62.3 cm³/mol. The van der Waals surface area contributed by atoms with E-state index in [1.807, 2.05) is 0 Å². The van der Waals surface area contributed by atoms with Gasteiger partial charge in [-0.25, -0.2) is 31.5 Å². The van der Waals surface area contributed by atoms with Crippen LogP contribution in [0.15, 0.2) is 12.2 Å². The smallest absolute Gasteiger partial charge is 0.344 e. The maximum Gasteiger partial charge on any atom is 0.344 e. The van der Waals surface area contributed by atoms with E-state index in [1.165, 1.54) is 6.92 Å². The van der Waals surface area contributed by atoms with Crippen molar-refractivity contribution in [3.8, 4) is 0 Å². The highest BCUT2D eigenvalue weighted by molar-refractivity contribution is 5.90. The van der Waals surface area contributed by atoms with Crippen molar-refractivity contribution in [2.45, 2.75) is 6.92 Å². The molecule has 1 aromatic carbocycles. The third kappa shape index (κ3) is 3.60. The Hall–Kier alpha value is -2.45. The summed E-state index contributed by atoms with van der Waals surface area (Å²) >= 11 is 0.